The van der Waals surface area contributed by atoms with E-state index in [2.05, 4.69) is 22.1 Å². The number of pyridine rings is 1. The minimum absolute atomic E-state index is 0.112. The molecule has 0 radical (unpaired) electrons. The van der Waals surface area contributed by atoms with E-state index in [-0.39, 0.29) is 35.5 Å². The molecule has 29 heavy (non-hydrogen) atoms. The maximum absolute atomic E-state index is 13.0. The number of thiazole rings is 1. The molecule has 3 heterocycles. The molecular formula is C21H14ClN3O3S. The summed E-state index contributed by atoms with van der Waals surface area (Å²) in [5, 5.41) is 0.789. The Morgan fingerprint density at radius 1 is 1.03 bits per heavy atom. The number of hydrogen-bond acceptors (Lipinski definition) is 6. The van der Waals surface area contributed by atoms with Crippen molar-refractivity contribution in [3.8, 4) is 11.5 Å². The molecule has 6 rings (SSSR count). The molecule has 1 aromatic carbocycles. The van der Waals surface area contributed by atoms with Crippen LogP contribution >= 0.6 is 22.9 Å². The van der Waals surface area contributed by atoms with E-state index in [4.69, 9.17) is 16.3 Å². The Balaban J connectivity index is 1.32. The first-order valence-electron chi connectivity index (χ1n) is 9.34. The van der Waals surface area contributed by atoms with Gasteiger partial charge in [0.05, 0.1) is 22.1 Å². The minimum atomic E-state index is -0.222. The number of anilines is 1. The molecule has 3 aromatic rings. The Morgan fingerprint density at radius 2 is 1.76 bits per heavy atom. The summed E-state index contributed by atoms with van der Waals surface area (Å²) in [5.74, 6) is 0.904. The van der Waals surface area contributed by atoms with Crippen LogP contribution < -0.4 is 9.64 Å². The van der Waals surface area contributed by atoms with Gasteiger partial charge in [0, 0.05) is 18.3 Å². The van der Waals surface area contributed by atoms with Crippen LogP contribution in [0.2, 0.25) is 5.15 Å². The molecule has 8 heteroatoms. The third-order valence-corrected chi connectivity index (χ3v) is 7.15. The van der Waals surface area contributed by atoms with Crippen LogP contribution in [0.1, 0.15) is 6.42 Å². The highest BCUT2D eigenvalue weighted by molar-refractivity contribution is 7.22. The smallest absolute Gasteiger partial charge is 0.240 e. The van der Waals surface area contributed by atoms with Crippen LogP contribution in [0.3, 0.4) is 0 Å². The number of aromatic nitrogens is 2. The molecule has 144 valence electrons. The largest absolute Gasteiger partial charge is 0.457 e. The van der Waals surface area contributed by atoms with E-state index in [1.807, 2.05) is 12.1 Å². The first-order chi connectivity index (χ1) is 14.1. The first kappa shape index (κ1) is 17.1. The van der Waals surface area contributed by atoms with Crippen molar-refractivity contribution >= 4 is 50.1 Å². The van der Waals surface area contributed by atoms with Crippen LogP contribution in [0.4, 0.5) is 5.13 Å². The van der Waals surface area contributed by atoms with Gasteiger partial charge in [-0.15, -0.1) is 0 Å². The van der Waals surface area contributed by atoms with E-state index in [0.717, 1.165) is 16.6 Å². The number of carbonyl (C=O) groups excluding carboxylic acids is 2. The topological polar surface area (TPSA) is 72.4 Å². The fourth-order valence-corrected chi connectivity index (χ4v) is 5.90. The number of nitrogens with zero attached hydrogens (tertiary/aromatic N) is 3. The van der Waals surface area contributed by atoms with Gasteiger partial charge in [0.1, 0.15) is 16.7 Å². The molecular weight excluding hydrogens is 410 g/mol. The maximum atomic E-state index is 13.0. The van der Waals surface area contributed by atoms with Crippen LogP contribution in [-0.4, -0.2) is 21.8 Å². The van der Waals surface area contributed by atoms with Crippen molar-refractivity contribution < 1.29 is 14.3 Å². The Kier molecular flexibility index (Phi) is 3.61. The number of allylic oxidation sites excluding steroid dienone is 2. The quantitative estimate of drug-likeness (QED) is 0.353. The molecule has 1 saturated heterocycles. The second-order valence-corrected chi connectivity index (χ2v) is 8.95. The molecule has 6 nitrogen and oxygen atoms in total. The zero-order chi connectivity index (χ0) is 19.7. The van der Waals surface area contributed by atoms with Crippen molar-refractivity contribution in [2.45, 2.75) is 6.42 Å². The predicted octanol–water partition coefficient (Wildman–Crippen LogP) is 4.45. The van der Waals surface area contributed by atoms with Gasteiger partial charge in [-0.25, -0.2) is 14.9 Å². The third-order valence-electron chi connectivity index (χ3n) is 5.94. The van der Waals surface area contributed by atoms with Gasteiger partial charge < -0.3 is 4.74 Å². The lowest BCUT2D eigenvalue weighted by Gasteiger charge is -2.14. The predicted molar refractivity (Wildman–Crippen MR) is 109 cm³/mol. The zero-order valence-corrected chi connectivity index (χ0v) is 16.6. The van der Waals surface area contributed by atoms with Crippen molar-refractivity contribution in [1.82, 2.24) is 9.97 Å². The number of ether oxygens (including phenoxy) is 1. The summed E-state index contributed by atoms with van der Waals surface area (Å²) >= 11 is 7.23. The van der Waals surface area contributed by atoms with Gasteiger partial charge in [-0.3, -0.25) is 9.59 Å². The molecule has 4 atom stereocenters. The normalized spacial score (nSPS) is 27.3. The molecule has 0 unspecified atom stereocenters. The van der Waals surface area contributed by atoms with Gasteiger partial charge in [-0.05, 0) is 36.5 Å². The third kappa shape index (κ3) is 2.54. The van der Waals surface area contributed by atoms with Crippen LogP contribution in [0.5, 0.6) is 11.5 Å². The van der Waals surface area contributed by atoms with E-state index in [9.17, 15) is 9.59 Å². The highest BCUT2D eigenvalue weighted by atomic mass is 35.5. The Labute approximate surface area is 174 Å². The lowest BCUT2D eigenvalue weighted by molar-refractivity contribution is -0.123. The number of imide groups is 1. The fraction of sp³-hybridized carbons (Fsp3) is 0.238. The summed E-state index contributed by atoms with van der Waals surface area (Å²) in [6.45, 7) is 0. The molecule has 1 saturated carbocycles. The number of amides is 2. The van der Waals surface area contributed by atoms with Crippen molar-refractivity contribution in [2.24, 2.45) is 23.7 Å². The minimum Gasteiger partial charge on any atom is -0.457 e. The van der Waals surface area contributed by atoms with Gasteiger partial charge >= 0.3 is 0 Å². The lowest BCUT2D eigenvalue weighted by atomic mass is 9.85. The number of hydrogen-bond donors (Lipinski definition) is 0. The Morgan fingerprint density at radius 3 is 2.48 bits per heavy atom. The molecule has 1 aliphatic heterocycles. The van der Waals surface area contributed by atoms with Crippen LogP contribution in [0.15, 0.2) is 48.7 Å². The van der Waals surface area contributed by atoms with E-state index >= 15 is 0 Å². The Bertz CT molecular complexity index is 1190. The average molecular weight is 424 g/mol. The molecule has 0 N–H and O–H groups in total. The number of carbonyl (C=O) groups is 2. The molecule has 0 spiro atoms. The molecule has 2 amide bonds. The van der Waals surface area contributed by atoms with E-state index in [1.165, 1.54) is 16.2 Å². The fourth-order valence-electron chi connectivity index (χ4n) is 4.73. The lowest BCUT2D eigenvalue weighted by Crippen LogP contribution is -2.32. The molecule has 2 fully saturated rings. The molecule has 2 aromatic heterocycles. The van der Waals surface area contributed by atoms with E-state index < -0.39 is 0 Å². The summed E-state index contributed by atoms with van der Waals surface area (Å²) in [4.78, 5) is 35.8. The van der Waals surface area contributed by atoms with Crippen LogP contribution in [-0.2, 0) is 9.59 Å². The average Bonchev–Trinajstić information content (AvgIpc) is 3.44. The Hall–Kier alpha value is -2.77. The second-order valence-electron chi connectivity index (χ2n) is 7.55. The summed E-state index contributed by atoms with van der Waals surface area (Å²) in [6.07, 6.45) is 6.67. The van der Waals surface area contributed by atoms with Crippen molar-refractivity contribution in [3.63, 3.8) is 0 Å². The number of benzene rings is 1. The first-order valence-corrected chi connectivity index (χ1v) is 10.5. The van der Waals surface area contributed by atoms with Gasteiger partial charge in [0.2, 0.25) is 11.8 Å². The summed E-state index contributed by atoms with van der Waals surface area (Å²) in [6, 6.07) is 8.82. The number of halogens is 1. The number of rotatable bonds is 3. The van der Waals surface area contributed by atoms with Crippen molar-refractivity contribution in [2.75, 3.05) is 4.90 Å². The van der Waals surface area contributed by atoms with E-state index in [1.54, 1.807) is 24.4 Å². The highest BCUT2D eigenvalue weighted by Gasteiger charge is 2.60. The maximum Gasteiger partial charge on any atom is 0.240 e. The molecule has 2 bridgehead atoms. The van der Waals surface area contributed by atoms with Crippen LogP contribution in [0, 0.1) is 23.7 Å². The summed E-state index contributed by atoms with van der Waals surface area (Å²) in [7, 11) is 0. The van der Waals surface area contributed by atoms with Crippen molar-refractivity contribution in [1.29, 1.82) is 0 Å². The monoisotopic (exact) mass is 423 g/mol. The second kappa shape index (κ2) is 6.11. The summed E-state index contributed by atoms with van der Waals surface area (Å²) in [5.41, 5.74) is 0.726. The van der Waals surface area contributed by atoms with Gasteiger partial charge in [0.15, 0.2) is 5.13 Å². The number of fused-ring (bicyclic) bond motifs is 6. The van der Waals surface area contributed by atoms with E-state index in [0.29, 0.717) is 21.8 Å². The molecule has 2 aliphatic carbocycles. The highest BCUT2D eigenvalue weighted by Crippen LogP contribution is 2.53. The summed E-state index contributed by atoms with van der Waals surface area (Å²) < 4.78 is 6.68. The van der Waals surface area contributed by atoms with Gasteiger partial charge in [-0.1, -0.05) is 35.1 Å². The van der Waals surface area contributed by atoms with Gasteiger partial charge in [0.25, 0.3) is 0 Å². The zero-order valence-electron chi connectivity index (χ0n) is 15.0. The van der Waals surface area contributed by atoms with Crippen molar-refractivity contribution in [3.05, 3.63) is 53.8 Å². The van der Waals surface area contributed by atoms with Crippen LogP contribution in [0.25, 0.3) is 10.2 Å². The SMILES string of the molecule is O=C1[C@@H]2[C@H](C(=O)N1c1nc3ccc(Oc4ccnc(Cl)c4)cc3s1)[C@@H]1C=C[C@H]2C1. The molecule has 3 aliphatic rings. The van der Waals surface area contributed by atoms with Gasteiger partial charge in [-0.2, -0.15) is 0 Å². The standard InChI is InChI=1S/C21H14ClN3O3S/c22-16-9-13(5-6-23-16)28-12-3-4-14-15(8-12)29-21(24-14)25-19(26)17-10-1-2-11(7-10)18(17)20(25)27/h1-6,8-11,17-18H,7H2/t10-,11+,17-,18+.